The SMILES string of the molecule is CCCCCCc1csc(-c2ccc3cc4c(C#C[Si](C(C)C)(C(C)C)C(C)C)c5cc6cc(-c7cc(CCCCCC)cs7)ccc6cc5c(C#C[Si](C(C)C)(C(C)C)C(C)C)c4cc3c2)c1. The molecule has 7 aromatic rings. The Labute approximate surface area is 423 Å². The van der Waals surface area contributed by atoms with Gasteiger partial charge in [-0.05, 0) is 184 Å². The zero-order chi connectivity index (χ0) is 48.9. The molecule has 0 bridgehead atoms. The highest BCUT2D eigenvalue weighted by Crippen LogP contribution is 2.45. The number of unbranched alkanes of at least 4 members (excludes halogenated alkanes) is 6. The van der Waals surface area contributed by atoms with Crippen molar-refractivity contribution < 1.29 is 0 Å². The molecule has 0 aliphatic carbocycles. The van der Waals surface area contributed by atoms with Gasteiger partial charge in [0.2, 0.25) is 0 Å². The molecule has 0 amide bonds. The van der Waals surface area contributed by atoms with Gasteiger partial charge in [-0.1, -0.05) is 172 Å². The molecule has 7 rings (SSSR count). The van der Waals surface area contributed by atoms with Gasteiger partial charge in [0.15, 0.2) is 0 Å². The van der Waals surface area contributed by atoms with E-state index in [0.717, 1.165) is 0 Å². The second-order valence-corrected chi connectivity index (χ2v) is 35.2. The van der Waals surface area contributed by atoms with Crippen molar-refractivity contribution >= 4 is 81.9 Å². The largest absolute Gasteiger partial charge is 0.146 e. The predicted molar refractivity (Wildman–Crippen MR) is 315 cm³/mol. The molecule has 2 heterocycles. The molecule has 5 aromatic carbocycles. The van der Waals surface area contributed by atoms with Crippen LogP contribution in [0.4, 0.5) is 0 Å². The van der Waals surface area contributed by atoms with Crippen LogP contribution in [0.5, 0.6) is 0 Å². The maximum atomic E-state index is 4.23. The minimum atomic E-state index is -2.09. The minimum absolute atomic E-state index is 0.540. The van der Waals surface area contributed by atoms with Crippen LogP contribution in [0.15, 0.2) is 83.6 Å². The number of fused-ring (bicyclic) bond motifs is 4. The Balaban J connectivity index is 1.54. The molecular weight excluding hydrogens is 889 g/mol. The number of hydrogen-bond acceptors (Lipinski definition) is 2. The Kier molecular flexibility index (Phi) is 17.1. The van der Waals surface area contributed by atoms with Gasteiger partial charge < -0.3 is 0 Å². The van der Waals surface area contributed by atoms with E-state index in [0.29, 0.717) is 33.2 Å². The van der Waals surface area contributed by atoms with Gasteiger partial charge in [-0.3, -0.25) is 0 Å². The highest BCUT2D eigenvalue weighted by atomic mass is 32.1. The molecule has 0 saturated carbocycles. The highest BCUT2D eigenvalue weighted by molar-refractivity contribution is 7.14. The van der Waals surface area contributed by atoms with E-state index < -0.39 is 16.1 Å². The molecule has 0 spiro atoms. The maximum absolute atomic E-state index is 4.23. The number of hydrogen-bond donors (Lipinski definition) is 0. The van der Waals surface area contributed by atoms with Gasteiger partial charge in [-0.15, -0.1) is 33.8 Å². The number of rotatable bonds is 18. The van der Waals surface area contributed by atoms with E-state index in [-0.39, 0.29) is 0 Å². The average molecular weight is 972 g/mol. The van der Waals surface area contributed by atoms with Crippen LogP contribution in [0.2, 0.25) is 33.2 Å². The summed E-state index contributed by atoms with van der Waals surface area (Å²) < 4.78 is 0. The minimum Gasteiger partial charge on any atom is -0.144 e. The molecule has 358 valence electrons. The van der Waals surface area contributed by atoms with Crippen LogP contribution in [-0.2, 0) is 12.8 Å². The highest BCUT2D eigenvalue weighted by Gasteiger charge is 2.43. The third kappa shape index (κ3) is 10.6. The molecule has 68 heavy (non-hydrogen) atoms. The van der Waals surface area contributed by atoms with Gasteiger partial charge in [0.1, 0.15) is 16.1 Å². The van der Waals surface area contributed by atoms with Gasteiger partial charge in [-0.2, -0.15) is 0 Å². The summed E-state index contributed by atoms with van der Waals surface area (Å²) in [4.78, 5) is 2.72. The maximum Gasteiger partial charge on any atom is 0.146 e. The summed E-state index contributed by atoms with van der Waals surface area (Å²) in [6, 6.07) is 29.2. The molecule has 2 aromatic heterocycles. The van der Waals surface area contributed by atoms with E-state index in [1.807, 2.05) is 22.7 Å². The zero-order valence-electron chi connectivity index (χ0n) is 44.4. The molecule has 0 saturated heterocycles. The molecule has 0 fully saturated rings. The average Bonchev–Trinajstić information content (AvgIpc) is 3.98. The van der Waals surface area contributed by atoms with Gasteiger partial charge in [-0.25, -0.2) is 0 Å². The Morgan fingerprint density at radius 3 is 1.06 bits per heavy atom. The van der Waals surface area contributed by atoms with Crippen LogP contribution in [0.3, 0.4) is 0 Å². The van der Waals surface area contributed by atoms with Crippen molar-refractivity contribution in [2.24, 2.45) is 0 Å². The number of thiophene rings is 2. The monoisotopic (exact) mass is 971 g/mol. The van der Waals surface area contributed by atoms with Crippen molar-refractivity contribution in [3.8, 4) is 43.8 Å². The first-order valence-electron chi connectivity index (χ1n) is 26.7. The standard InChI is InChI=1S/C64H82S2Si2/c1-15-17-19-21-23-49-33-63(65-41-49)53-27-25-51-37-59-58(30-32-68(46(9)10,47(11)12)48(13)14)62-40-56-36-54(64-34-50(42-66-64)24-22-20-18-16-2)28-26-52(56)38-60(62)57(61(59)39-55(51)35-53)29-31-67(43(3)4,44(5)6)45(7)8/h25-28,33-48H,15-24H2,1-14H3. The summed E-state index contributed by atoms with van der Waals surface area (Å²) in [5, 5.41) is 14.8. The van der Waals surface area contributed by atoms with Crippen LogP contribution in [0.25, 0.3) is 64.0 Å². The molecule has 0 radical (unpaired) electrons. The lowest BCUT2D eigenvalue weighted by molar-refractivity contribution is 0.667. The van der Waals surface area contributed by atoms with E-state index in [4.69, 9.17) is 0 Å². The lowest BCUT2D eigenvalue weighted by Gasteiger charge is -2.38. The summed E-state index contributed by atoms with van der Waals surface area (Å²) in [6.07, 6.45) is 12.7. The lowest BCUT2D eigenvalue weighted by Crippen LogP contribution is -2.43. The van der Waals surface area contributed by atoms with Gasteiger partial charge >= 0.3 is 0 Å². The Bertz CT molecular complexity index is 2730. The van der Waals surface area contributed by atoms with Crippen LogP contribution >= 0.6 is 22.7 Å². The van der Waals surface area contributed by atoms with Crippen molar-refractivity contribution in [3.63, 3.8) is 0 Å². The van der Waals surface area contributed by atoms with E-state index in [1.54, 1.807) is 0 Å². The molecule has 4 heteroatoms. The topological polar surface area (TPSA) is 0 Å². The quantitative estimate of drug-likeness (QED) is 0.0348. The third-order valence-electron chi connectivity index (χ3n) is 16.1. The first-order valence-corrected chi connectivity index (χ1v) is 32.9. The van der Waals surface area contributed by atoms with Crippen LogP contribution < -0.4 is 0 Å². The summed E-state index contributed by atoms with van der Waals surface area (Å²) in [7, 11) is -4.17. The smallest absolute Gasteiger partial charge is 0.144 e. The summed E-state index contributed by atoms with van der Waals surface area (Å²) in [6.45, 7) is 33.9. The fourth-order valence-electron chi connectivity index (χ4n) is 12.3. The summed E-state index contributed by atoms with van der Waals surface area (Å²) in [5.74, 6) is 8.24. The molecule has 0 N–H and O–H groups in total. The predicted octanol–water partition coefficient (Wildman–Crippen LogP) is 21.1. The van der Waals surface area contributed by atoms with E-state index in [9.17, 15) is 0 Å². The van der Waals surface area contributed by atoms with E-state index in [2.05, 4.69) is 203 Å². The van der Waals surface area contributed by atoms with Crippen molar-refractivity contribution in [3.05, 3.63) is 106 Å². The van der Waals surface area contributed by atoms with Gasteiger partial charge in [0.25, 0.3) is 0 Å². The van der Waals surface area contributed by atoms with E-state index in [1.165, 1.54) is 150 Å². The fourth-order valence-corrected chi connectivity index (χ4v) is 24.6. The first-order chi connectivity index (χ1) is 32.5. The molecule has 0 aliphatic heterocycles. The Morgan fingerprint density at radius 1 is 0.397 bits per heavy atom. The zero-order valence-corrected chi connectivity index (χ0v) is 48.1. The summed E-state index contributed by atoms with van der Waals surface area (Å²) in [5.41, 5.74) is 19.6. The Morgan fingerprint density at radius 2 is 0.735 bits per heavy atom. The van der Waals surface area contributed by atoms with Crippen LogP contribution in [-0.4, -0.2) is 16.1 Å². The van der Waals surface area contributed by atoms with Gasteiger partial charge in [0.05, 0.1) is 0 Å². The molecule has 0 atom stereocenters. The van der Waals surface area contributed by atoms with Crippen molar-refractivity contribution in [2.45, 2.75) is 194 Å². The van der Waals surface area contributed by atoms with Crippen molar-refractivity contribution in [2.75, 3.05) is 0 Å². The number of aryl methyl sites for hydroxylation is 2. The molecule has 0 aliphatic rings. The van der Waals surface area contributed by atoms with Gasteiger partial charge in [0, 0.05) is 20.9 Å². The number of benzene rings is 5. The summed E-state index contributed by atoms with van der Waals surface area (Å²) >= 11 is 3.79. The molecular formula is C64H82S2Si2. The van der Waals surface area contributed by atoms with E-state index >= 15 is 0 Å². The Hall–Kier alpha value is -3.91. The normalized spacial score (nSPS) is 12.5. The lowest BCUT2D eigenvalue weighted by atomic mass is 9.88. The first kappa shape index (κ1) is 51.9. The second-order valence-electron chi connectivity index (χ2n) is 22.2. The molecule has 0 unspecified atom stereocenters. The van der Waals surface area contributed by atoms with Crippen LogP contribution in [0.1, 0.15) is 171 Å². The van der Waals surface area contributed by atoms with Crippen molar-refractivity contribution in [1.82, 2.24) is 0 Å². The third-order valence-corrected chi connectivity index (χ3v) is 30.7. The molecule has 0 nitrogen and oxygen atoms in total. The fraction of sp³-hybridized carbons (Fsp3) is 0.469. The van der Waals surface area contributed by atoms with Crippen molar-refractivity contribution in [1.29, 1.82) is 0 Å². The second kappa shape index (κ2) is 22.5. The van der Waals surface area contributed by atoms with Crippen LogP contribution in [0, 0.1) is 22.9 Å².